The number of hydrogen-bond acceptors (Lipinski definition) is 1. The second-order valence-corrected chi connectivity index (χ2v) is 2.08. The molecule has 1 unspecified atom stereocenters. The van der Waals surface area contributed by atoms with Crippen molar-refractivity contribution >= 4 is 0 Å². The third kappa shape index (κ3) is 7.87. The Morgan fingerprint density at radius 1 is 1.40 bits per heavy atom. The van der Waals surface area contributed by atoms with E-state index in [0.717, 1.165) is 19.1 Å². The summed E-state index contributed by atoms with van der Waals surface area (Å²) in [4.78, 5) is 0. The summed E-state index contributed by atoms with van der Waals surface area (Å²) < 4.78 is 5.08. The summed E-state index contributed by atoms with van der Waals surface area (Å²) in [6.45, 7) is 8.04. The van der Waals surface area contributed by atoms with Crippen molar-refractivity contribution in [1.82, 2.24) is 0 Å². The summed E-state index contributed by atoms with van der Waals surface area (Å²) in [5, 5.41) is 0. The Labute approximate surface area is 114 Å². The van der Waals surface area contributed by atoms with Gasteiger partial charge in [0.05, 0.1) is 0 Å². The van der Waals surface area contributed by atoms with Crippen LogP contribution in [-0.2, 0) is 4.74 Å². The molecule has 2 heteroatoms. The predicted octanol–water partition coefficient (Wildman–Crippen LogP) is -0.723. The molecule has 1 saturated heterocycles. The van der Waals surface area contributed by atoms with Crippen molar-refractivity contribution in [2.75, 3.05) is 13.2 Å². The average molecular weight is 215 g/mol. The van der Waals surface area contributed by atoms with E-state index in [1.165, 1.54) is 6.42 Å². The van der Waals surface area contributed by atoms with Gasteiger partial charge < -0.3 is 11.2 Å². The van der Waals surface area contributed by atoms with Crippen LogP contribution >= 0.6 is 0 Å². The zero-order chi connectivity index (χ0) is 7.11. The predicted molar refractivity (Wildman–Crippen MR) is 40.2 cm³/mol. The Hall–Kier alpha value is 1.77. The van der Waals surface area contributed by atoms with E-state index in [0.29, 0.717) is 0 Å². The fourth-order valence-corrected chi connectivity index (χ4v) is 0.703. The molecule has 0 aromatic rings. The molecule has 0 radical (unpaired) electrons. The maximum absolute atomic E-state index is 5.08. The molecule has 1 aliphatic heterocycles. The van der Waals surface area contributed by atoms with Gasteiger partial charge >= 0.3 is 58.2 Å². The zero-order valence-corrected chi connectivity index (χ0v) is 12.6. The third-order valence-corrected chi connectivity index (χ3v) is 1.33. The van der Waals surface area contributed by atoms with Crippen LogP contribution in [0.2, 0.25) is 0 Å². The van der Waals surface area contributed by atoms with Crippen LogP contribution in [0, 0.1) is 12.3 Å². The molecular weight excluding hydrogens is 198 g/mol. The molecule has 56 valence electrons. The Morgan fingerprint density at radius 2 is 2.00 bits per heavy atom. The molecule has 1 fully saturated rings. The first-order valence-corrected chi connectivity index (χ1v) is 3.80. The molecule has 0 bridgehead atoms. The second kappa shape index (κ2) is 10.8. The molecule has 1 nitrogen and oxygen atoms in total. The van der Waals surface area contributed by atoms with Gasteiger partial charge in [-0.3, -0.25) is 0 Å². The number of rotatable bonds is 0. The second-order valence-electron chi connectivity index (χ2n) is 2.08. The molecule has 1 rings (SSSR count). The van der Waals surface area contributed by atoms with Gasteiger partial charge in [0.2, 0.25) is 0 Å². The smallest absolute Gasteiger partial charge is 0.413 e. The first-order chi connectivity index (χ1) is 4.39. The van der Waals surface area contributed by atoms with Crippen LogP contribution in [0.15, 0.2) is 0 Å². The van der Waals surface area contributed by atoms with E-state index in [-0.39, 0.29) is 58.2 Å². The number of hydrogen-bond donors (Lipinski definition) is 0. The van der Waals surface area contributed by atoms with Crippen LogP contribution in [0.25, 0.3) is 0 Å². The summed E-state index contributed by atoms with van der Waals surface area (Å²) in [5.41, 5.74) is 0. The summed E-state index contributed by atoms with van der Waals surface area (Å²) in [5.74, 6) is 0.786. The summed E-state index contributed by atoms with van der Waals surface area (Å²) in [6, 6.07) is 0. The first kappa shape index (κ1) is 14.3. The van der Waals surface area contributed by atoms with Crippen LogP contribution in [0.4, 0.5) is 0 Å². The zero-order valence-electron chi connectivity index (χ0n) is 7.68. The SMILES string of the molecule is CC.CC1[CH-]COCC1.[Rb+]. The maximum atomic E-state index is 5.08. The molecule has 10 heavy (non-hydrogen) atoms. The van der Waals surface area contributed by atoms with E-state index in [2.05, 4.69) is 13.3 Å². The molecule has 0 N–H and O–H groups in total. The monoisotopic (exact) mass is 214 g/mol. The molecule has 0 aromatic heterocycles. The minimum absolute atomic E-state index is 0. The van der Waals surface area contributed by atoms with Crippen LogP contribution in [-0.4, -0.2) is 13.2 Å². The van der Waals surface area contributed by atoms with Gasteiger partial charge in [0.1, 0.15) is 0 Å². The van der Waals surface area contributed by atoms with E-state index >= 15 is 0 Å². The van der Waals surface area contributed by atoms with Gasteiger partial charge in [0, 0.05) is 6.61 Å². The van der Waals surface area contributed by atoms with Gasteiger partial charge in [0.15, 0.2) is 0 Å². The Kier molecular flexibility index (Phi) is 15.4. The average Bonchev–Trinajstić information content (AvgIpc) is 1.94. The van der Waals surface area contributed by atoms with Gasteiger partial charge in [-0.05, 0) is 0 Å². The molecule has 0 saturated carbocycles. The van der Waals surface area contributed by atoms with E-state index in [1.807, 2.05) is 13.8 Å². The molecule has 0 spiro atoms. The Balaban J connectivity index is 0. The third-order valence-electron chi connectivity index (χ3n) is 1.33. The van der Waals surface area contributed by atoms with Gasteiger partial charge in [-0.1, -0.05) is 33.8 Å². The molecule has 0 aromatic carbocycles. The Bertz CT molecular complexity index is 51.2. The molecular formula is C8H17ORb. The van der Waals surface area contributed by atoms with E-state index in [9.17, 15) is 0 Å². The van der Waals surface area contributed by atoms with Gasteiger partial charge in [-0.2, -0.15) is 5.92 Å². The van der Waals surface area contributed by atoms with E-state index < -0.39 is 0 Å². The van der Waals surface area contributed by atoms with Crippen molar-refractivity contribution < 1.29 is 62.9 Å². The fourth-order valence-electron chi connectivity index (χ4n) is 0.703. The molecule has 1 atom stereocenters. The minimum Gasteiger partial charge on any atom is -0.413 e. The van der Waals surface area contributed by atoms with Gasteiger partial charge in [-0.25, -0.2) is 0 Å². The van der Waals surface area contributed by atoms with Crippen LogP contribution in [0.3, 0.4) is 0 Å². The van der Waals surface area contributed by atoms with Gasteiger partial charge in [-0.15, -0.1) is 0 Å². The molecule has 0 aliphatic carbocycles. The standard InChI is InChI=1S/C6H11O.C2H6.Rb/c1-6-2-4-7-5-3-6;1-2;/h2,6H,3-5H2,1H3;1-2H3;/q-1;;+1. The van der Waals surface area contributed by atoms with Crippen LogP contribution in [0.5, 0.6) is 0 Å². The normalized spacial score (nSPS) is 23.7. The van der Waals surface area contributed by atoms with Crippen molar-refractivity contribution in [3.63, 3.8) is 0 Å². The first-order valence-electron chi connectivity index (χ1n) is 3.80. The quantitative estimate of drug-likeness (QED) is 0.484. The summed E-state index contributed by atoms with van der Waals surface area (Å²) >= 11 is 0. The number of ether oxygens (including phenoxy) is 1. The molecule has 1 aliphatic rings. The maximum Gasteiger partial charge on any atom is 1.00 e. The van der Waals surface area contributed by atoms with E-state index in [4.69, 9.17) is 4.74 Å². The van der Waals surface area contributed by atoms with Crippen LogP contribution < -0.4 is 58.2 Å². The van der Waals surface area contributed by atoms with Crippen LogP contribution in [0.1, 0.15) is 27.2 Å². The molecule has 0 amide bonds. The topological polar surface area (TPSA) is 9.23 Å². The van der Waals surface area contributed by atoms with Crippen molar-refractivity contribution in [1.29, 1.82) is 0 Å². The van der Waals surface area contributed by atoms with Crippen molar-refractivity contribution in [3.05, 3.63) is 6.42 Å². The van der Waals surface area contributed by atoms with E-state index in [1.54, 1.807) is 0 Å². The Morgan fingerprint density at radius 3 is 2.20 bits per heavy atom. The van der Waals surface area contributed by atoms with Crippen molar-refractivity contribution in [3.8, 4) is 0 Å². The van der Waals surface area contributed by atoms with Crippen molar-refractivity contribution in [2.24, 2.45) is 5.92 Å². The fraction of sp³-hybridized carbons (Fsp3) is 0.875. The summed E-state index contributed by atoms with van der Waals surface area (Å²) in [7, 11) is 0. The minimum atomic E-state index is 0. The summed E-state index contributed by atoms with van der Waals surface area (Å²) in [6.07, 6.45) is 3.42. The molecule has 1 heterocycles. The largest absolute Gasteiger partial charge is 1.00 e. The van der Waals surface area contributed by atoms with Crippen molar-refractivity contribution in [2.45, 2.75) is 27.2 Å². The van der Waals surface area contributed by atoms with Gasteiger partial charge in [0.25, 0.3) is 0 Å².